The maximum Gasteiger partial charge on any atom is 0.320 e. The van der Waals surface area contributed by atoms with Crippen LogP contribution in [-0.4, -0.2) is 26.2 Å². The van der Waals surface area contributed by atoms with E-state index in [0.29, 0.717) is 5.39 Å². The summed E-state index contributed by atoms with van der Waals surface area (Å²) in [6, 6.07) is 12.3. The van der Waals surface area contributed by atoms with Crippen molar-refractivity contribution >= 4 is 22.8 Å². The van der Waals surface area contributed by atoms with Crippen LogP contribution in [0.4, 0.5) is 15.0 Å². The van der Waals surface area contributed by atoms with Gasteiger partial charge in [0.15, 0.2) is 11.6 Å². The van der Waals surface area contributed by atoms with Crippen LogP contribution in [0, 0.1) is 5.82 Å². The van der Waals surface area contributed by atoms with Crippen LogP contribution in [0.2, 0.25) is 0 Å². The second-order valence-corrected chi connectivity index (χ2v) is 6.61. The van der Waals surface area contributed by atoms with Crippen LogP contribution in [0.1, 0.15) is 24.1 Å². The number of amides is 2. The molecule has 4 aromatic rings. The zero-order chi connectivity index (χ0) is 20.9. The monoisotopic (exact) mass is 406 g/mol. The number of urea groups is 1. The molecule has 0 radical (unpaired) electrons. The number of H-pyrrole nitrogens is 1. The molecule has 9 heteroatoms. The summed E-state index contributed by atoms with van der Waals surface area (Å²) in [5, 5.41) is 12.2. The molecular formula is C21H19FN6O2. The van der Waals surface area contributed by atoms with Crippen molar-refractivity contribution in [3.63, 3.8) is 0 Å². The lowest BCUT2D eigenvalue weighted by Gasteiger charge is -2.15. The van der Waals surface area contributed by atoms with Crippen molar-refractivity contribution in [1.82, 2.24) is 25.5 Å². The largest absolute Gasteiger partial charge is 0.471 e. The van der Waals surface area contributed by atoms with E-state index in [9.17, 15) is 9.18 Å². The summed E-state index contributed by atoms with van der Waals surface area (Å²) < 4.78 is 20.5. The van der Waals surface area contributed by atoms with Gasteiger partial charge >= 0.3 is 6.03 Å². The number of nitrogens with one attached hydrogen (secondary N) is 3. The Morgan fingerprint density at radius 1 is 1.20 bits per heavy atom. The second kappa shape index (κ2) is 8.56. The third-order valence-electron chi connectivity index (χ3n) is 4.52. The lowest BCUT2D eigenvalue weighted by Crippen LogP contribution is -2.31. The topological polar surface area (TPSA) is 105 Å². The molecule has 1 aromatic carbocycles. The number of pyridine rings is 2. The summed E-state index contributed by atoms with van der Waals surface area (Å²) in [6.07, 6.45) is 4.72. The SMILES string of the molecule is CC(NC(=O)Nc1ncc2c(OCc3ccncc3)n[nH]c2c1F)c1ccccc1. The Morgan fingerprint density at radius 3 is 2.73 bits per heavy atom. The van der Waals surface area contributed by atoms with Gasteiger partial charge in [-0.2, -0.15) is 0 Å². The molecule has 1 atom stereocenters. The Labute approximate surface area is 171 Å². The molecule has 0 saturated heterocycles. The highest BCUT2D eigenvalue weighted by Gasteiger charge is 2.18. The van der Waals surface area contributed by atoms with E-state index in [0.717, 1.165) is 11.1 Å². The van der Waals surface area contributed by atoms with E-state index >= 15 is 0 Å². The molecule has 1 unspecified atom stereocenters. The van der Waals surface area contributed by atoms with Gasteiger partial charge in [0.2, 0.25) is 5.88 Å². The van der Waals surface area contributed by atoms with Gasteiger partial charge in [-0.25, -0.2) is 14.2 Å². The molecule has 30 heavy (non-hydrogen) atoms. The molecule has 152 valence electrons. The summed E-state index contributed by atoms with van der Waals surface area (Å²) in [7, 11) is 0. The number of benzene rings is 1. The minimum absolute atomic E-state index is 0.0983. The highest BCUT2D eigenvalue weighted by molar-refractivity contribution is 5.92. The number of aromatic amines is 1. The van der Waals surface area contributed by atoms with E-state index in [1.54, 1.807) is 12.4 Å². The van der Waals surface area contributed by atoms with Crippen molar-refractivity contribution in [3.8, 4) is 5.88 Å². The first-order valence-electron chi connectivity index (χ1n) is 9.28. The molecule has 0 saturated carbocycles. The number of nitrogens with zero attached hydrogens (tertiary/aromatic N) is 3. The van der Waals surface area contributed by atoms with Gasteiger partial charge < -0.3 is 10.1 Å². The smallest absolute Gasteiger partial charge is 0.320 e. The van der Waals surface area contributed by atoms with Gasteiger partial charge in [-0.1, -0.05) is 30.3 Å². The fourth-order valence-electron chi connectivity index (χ4n) is 2.92. The van der Waals surface area contributed by atoms with Gasteiger partial charge in [-0.05, 0) is 30.2 Å². The first kappa shape index (κ1) is 19.3. The normalized spacial score (nSPS) is 11.8. The predicted molar refractivity (Wildman–Crippen MR) is 109 cm³/mol. The van der Waals surface area contributed by atoms with E-state index in [1.165, 1.54) is 6.20 Å². The molecule has 2 amide bonds. The maximum absolute atomic E-state index is 14.8. The van der Waals surface area contributed by atoms with Gasteiger partial charge in [0.25, 0.3) is 0 Å². The van der Waals surface area contributed by atoms with Crippen LogP contribution in [0.3, 0.4) is 0 Å². The highest BCUT2D eigenvalue weighted by atomic mass is 19.1. The van der Waals surface area contributed by atoms with E-state index in [4.69, 9.17) is 4.74 Å². The van der Waals surface area contributed by atoms with Crippen LogP contribution >= 0.6 is 0 Å². The van der Waals surface area contributed by atoms with Crippen LogP contribution in [-0.2, 0) is 6.61 Å². The summed E-state index contributed by atoms with van der Waals surface area (Å²) in [5.74, 6) is -0.701. The van der Waals surface area contributed by atoms with Crippen LogP contribution in [0.25, 0.3) is 10.9 Å². The van der Waals surface area contributed by atoms with Gasteiger partial charge in [0, 0.05) is 18.6 Å². The second-order valence-electron chi connectivity index (χ2n) is 6.61. The van der Waals surface area contributed by atoms with Gasteiger partial charge in [0.05, 0.1) is 11.4 Å². The van der Waals surface area contributed by atoms with E-state index in [2.05, 4.69) is 30.8 Å². The van der Waals surface area contributed by atoms with Crippen molar-refractivity contribution in [2.24, 2.45) is 0 Å². The summed E-state index contributed by atoms with van der Waals surface area (Å²) in [4.78, 5) is 20.2. The summed E-state index contributed by atoms with van der Waals surface area (Å²) in [6.45, 7) is 2.09. The minimum Gasteiger partial charge on any atom is -0.471 e. The van der Waals surface area contributed by atoms with Gasteiger partial charge in [-0.15, -0.1) is 5.10 Å². The molecule has 8 nitrogen and oxygen atoms in total. The number of carbonyl (C=O) groups is 1. The Balaban J connectivity index is 1.45. The first-order valence-corrected chi connectivity index (χ1v) is 9.28. The molecule has 0 fully saturated rings. The molecular weight excluding hydrogens is 387 g/mol. The number of carbonyl (C=O) groups excluding carboxylic acids is 1. The third kappa shape index (κ3) is 4.19. The maximum atomic E-state index is 14.8. The van der Waals surface area contributed by atoms with Gasteiger partial charge in [-0.3, -0.25) is 15.4 Å². The molecule has 0 aliphatic heterocycles. The number of hydrogen-bond acceptors (Lipinski definition) is 5. The van der Waals surface area contributed by atoms with Crippen LogP contribution < -0.4 is 15.4 Å². The van der Waals surface area contributed by atoms with E-state index in [1.807, 2.05) is 49.4 Å². The Morgan fingerprint density at radius 2 is 1.97 bits per heavy atom. The number of hydrogen-bond donors (Lipinski definition) is 3. The number of aromatic nitrogens is 4. The number of anilines is 1. The zero-order valence-corrected chi connectivity index (χ0v) is 16.1. The number of halogens is 1. The Kier molecular flexibility index (Phi) is 5.51. The van der Waals surface area contributed by atoms with Crippen molar-refractivity contribution in [3.05, 3.63) is 78.0 Å². The minimum atomic E-state index is -0.721. The summed E-state index contributed by atoms with van der Waals surface area (Å²) >= 11 is 0. The molecule has 0 aliphatic rings. The van der Waals surface area contributed by atoms with E-state index < -0.39 is 11.8 Å². The molecule has 4 rings (SSSR count). The Hall–Kier alpha value is -4.01. The number of rotatable bonds is 6. The van der Waals surface area contributed by atoms with Gasteiger partial charge in [0.1, 0.15) is 12.1 Å². The first-order chi connectivity index (χ1) is 14.6. The lowest BCUT2D eigenvalue weighted by atomic mass is 10.1. The Bertz CT molecular complexity index is 1150. The fourth-order valence-corrected chi connectivity index (χ4v) is 2.92. The average Bonchev–Trinajstić information content (AvgIpc) is 3.19. The molecule has 0 bridgehead atoms. The van der Waals surface area contributed by atoms with Crippen molar-refractivity contribution < 1.29 is 13.9 Å². The highest BCUT2D eigenvalue weighted by Crippen LogP contribution is 2.27. The molecule has 3 aromatic heterocycles. The summed E-state index contributed by atoms with van der Waals surface area (Å²) in [5.41, 5.74) is 1.93. The van der Waals surface area contributed by atoms with Crippen LogP contribution in [0.5, 0.6) is 5.88 Å². The van der Waals surface area contributed by atoms with Crippen molar-refractivity contribution in [1.29, 1.82) is 0 Å². The standard InChI is InChI=1S/C21H19FN6O2/c1-13(15-5-3-2-4-6-15)25-21(29)26-19-17(22)18-16(11-24-19)20(28-27-18)30-12-14-7-9-23-10-8-14/h2-11,13H,12H2,1H3,(H,27,28)(H2,24,25,26,29). The fraction of sp³-hybridized carbons (Fsp3) is 0.143. The quantitative estimate of drug-likeness (QED) is 0.450. The lowest BCUT2D eigenvalue weighted by molar-refractivity contribution is 0.249. The molecule has 0 spiro atoms. The van der Waals surface area contributed by atoms with Crippen molar-refractivity contribution in [2.45, 2.75) is 19.6 Å². The number of fused-ring (bicyclic) bond motifs is 1. The van der Waals surface area contributed by atoms with Crippen LogP contribution in [0.15, 0.2) is 61.1 Å². The predicted octanol–water partition coefficient (Wildman–Crippen LogP) is 3.95. The number of ether oxygens (including phenoxy) is 1. The zero-order valence-electron chi connectivity index (χ0n) is 16.1. The van der Waals surface area contributed by atoms with E-state index in [-0.39, 0.29) is 29.9 Å². The molecule has 3 N–H and O–H groups in total. The molecule has 0 aliphatic carbocycles. The van der Waals surface area contributed by atoms with Crippen molar-refractivity contribution in [2.75, 3.05) is 5.32 Å². The molecule has 3 heterocycles. The third-order valence-corrected chi connectivity index (χ3v) is 4.52. The average molecular weight is 406 g/mol.